The Morgan fingerprint density at radius 3 is 2.02 bits per heavy atom. The van der Waals surface area contributed by atoms with Crippen LogP contribution >= 0.6 is 11.8 Å². The fraction of sp³-hybridized carbons (Fsp3) is 0.186. The fourth-order valence-electron chi connectivity index (χ4n) is 5.83. The maximum absolute atomic E-state index is 5.16. The largest absolute Gasteiger partial charge is 3.00 e. The third-order valence-corrected chi connectivity index (χ3v) is 9.55. The molecule has 0 N–H and O–H groups in total. The Morgan fingerprint density at radius 1 is 0.617 bits per heavy atom. The molecule has 0 atom stereocenters. The zero-order chi connectivity index (χ0) is 32.1. The van der Waals surface area contributed by atoms with Gasteiger partial charge in [0.15, 0.2) is 0 Å². The molecule has 7 rings (SSSR count). The van der Waals surface area contributed by atoms with E-state index in [1.54, 1.807) is 11.8 Å². The first-order valence-corrected chi connectivity index (χ1v) is 16.6. The number of fused-ring (bicyclic) bond motifs is 3. The van der Waals surface area contributed by atoms with Crippen LogP contribution in [0.4, 0.5) is 0 Å². The monoisotopic (exact) mass is 810 g/mol. The molecule has 0 unspecified atom stereocenters. The van der Waals surface area contributed by atoms with E-state index in [-0.39, 0.29) is 33.2 Å². The van der Waals surface area contributed by atoms with Gasteiger partial charge in [-0.15, -0.1) is 34.3 Å². The van der Waals surface area contributed by atoms with Crippen LogP contribution in [0.3, 0.4) is 0 Å². The van der Waals surface area contributed by atoms with Gasteiger partial charge in [-0.3, -0.25) is 4.98 Å². The molecule has 236 valence electrons. The van der Waals surface area contributed by atoms with E-state index in [1.165, 1.54) is 27.5 Å². The summed E-state index contributed by atoms with van der Waals surface area (Å²) in [5.41, 5.74) is 11.0. The zero-order valence-corrected chi connectivity index (χ0v) is 30.6. The van der Waals surface area contributed by atoms with Crippen molar-refractivity contribution in [3.63, 3.8) is 0 Å². The van der Waals surface area contributed by atoms with E-state index < -0.39 is 0 Å². The van der Waals surface area contributed by atoms with E-state index in [4.69, 9.17) is 9.97 Å². The normalized spacial score (nSPS) is 12.0. The third-order valence-electron chi connectivity index (χ3n) is 8.56. The molecule has 0 saturated carbocycles. The molecule has 47 heavy (non-hydrogen) atoms. The molecular weight excluding hydrogens is 774 g/mol. The minimum absolute atomic E-state index is 0. The number of rotatable bonds is 5. The molecule has 2 heterocycles. The number of hydrogen-bond acceptors (Lipinski definition) is 2. The second-order valence-electron chi connectivity index (χ2n) is 14.0. The van der Waals surface area contributed by atoms with Gasteiger partial charge in [0, 0.05) is 5.69 Å². The minimum Gasteiger partial charge on any atom is -0.656 e. The van der Waals surface area contributed by atoms with Crippen molar-refractivity contribution in [2.24, 2.45) is 0 Å². The molecule has 0 amide bonds. The van der Waals surface area contributed by atoms with Crippen molar-refractivity contribution in [1.29, 1.82) is 0 Å². The van der Waals surface area contributed by atoms with Crippen LogP contribution in [0, 0.1) is 12.1 Å². The molecule has 7 aromatic rings. The summed E-state index contributed by atoms with van der Waals surface area (Å²) < 4.78 is 0. The SMILES string of the molecule is CC(C)(C)c1c[c-]c(-c2[c-]c(-c3cccc(Sc4cccc5c4[n-]c4ccccc45)n3)cc(-c3ccc(C(C)(C)C)cc3)c2)cc1.[Au+3]. The van der Waals surface area contributed by atoms with Gasteiger partial charge in [0.2, 0.25) is 0 Å². The van der Waals surface area contributed by atoms with Crippen LogP contribution in [0.15, 0.2) is 125 Å². The molecule has 0 aliphatic carbocycles. The summed E-state index contributed by atoms with van der Waals surface area (Å²) in [6.45, 7) is 13.4. The molecule has 0 fully saturated rings. The van der Waals surface area contributed by atoms with Crippen molar-refractivity contribution in [2.45, 2.75) is 62.3 Å². The molecule has 0 spiro atoms. The van der Waals surface area contributed by atoms with Crippen LogP contribution in [0.1, 0.15) is 52.7 Å². The van der Waals surface area contributed by atoms with Crippen molar-refractivity contribution >= 4 is 33.6 Å². The first-order chi connectivity index (χ1) is 22.0. The van der Waals surface area contributed by atoms with Crippen LogP contribution in [0.2, 0.25) is 0 Å². The standard InChI is InChI=1S/C43H37N2S.Au/c1-42(2,3)33-21-17-28(18-22-33)30-25-31(29-19-23-34(24-20-29)43(4,5)6)27-32(26-30)37-14-10-16-40(44-37)46-39-15-9-12-36-35-11-7-8-13-38(35)45-41(36)39;/h7-19,21-26H,1-6H3;/q-3;+3. The Labute approximate surface area is 298 Å². The number of benzene rings is 5. The van der Waals surface area contributed by atoms with E-state index in [1.807, 2.05) is 6.07 Å². The molecule has 0 radical (unpaired) electrons. The fourth-order valence-corrected chi connectivity index (χ4v) is 6.75. The molecular formula is C43H37AuN2S. The predicted octanol–water partition coefficient (Wildman–Crippen LogP) is 11.7. The van der Waals surface area contributed by atoms with Crippen molar-refractivity contribution in [3.8, 4) is 33.5 Å². The minimum atomic E-state index is 0. The summed E-state index contributed by atoms with van der Waals surface area (Å²) in [5.74, 6) is 0. The predicted molar refractivity (Wildman–Crippen MR) is 195 cm³/mol. The van der Waals surface area contributed by atoms with Crippen molar-refractivity contribution < 1.29 is 22.4 Å². The van der Waals surface area contributed by atoms with Gasteiger partial charge in [-0.1, -0.05) is 132 Å². The Hall–Kier alpha value is -3.86. The summed E-state index contributed by atoms with van der Waals surface area (Å²) in [7, 11) is 0. The molecule has 4 heteroatoms. The quantitative estimate of drug-likeness (QED) is 0.128. The summed E-state index contributed by atoms with van der Waals surface area (Å²) >= 11 is 1.66. The van der Waals surface area contributed by atoms with E-state index in [9.17, 15) is 0 Å². The van der Waals surface area contributed by atoms with E-state index >= 15 is 0 Å². The molecule has 5 aromatic carbocycles. The second-order valence-corrected chi connectivity index (χ2v) is 15.1. The molecule has 0 aliphatic heterocycles. The van der Waals surface area contributed by atoms with E-state index in [2.05, 4.69) is 163 Å². The smallest absolute Gasteiger partial charge is 0.656 e. The Kier molecular flexibility index (Phi) is 9.13. The van der Waals surface area contributed by atoms with Crippen molar-refractivity contribution in [2.75, 3.05) is 0 Å². The zero-order valence-electron chi connectivity index (χ0n) is 27.6. The molecule has 2 nitrogen and oxygen atoms in total. The van der Waals surface area contributed by atoms with E-state index in [0.29, 0.717) is 0 Å². The summed E-state index contributed by atoms with van der Waals surface area (Å²) in [6.07, 6.45) is 0. The van der Waals surface area contributed by atoms with Crippen LogP contribution < -0.4 is 4.98 Å². The first-order valence-electron chi connectivity index (χ1n) is 15.8. The Morgan fingerprint density at radius 2 is 1.30 bits per heavy atom. The summed E-state index contributed by atoms with van der Waals surface area (Å²) in [6, 6.07) is 48.1. The average Bonchev–Trinajstić information content (AvgIpc) is 3.44. The molecule has 0 bridgehead atoms. The van der Waals surface area contributed by atoms with Gasteiger partial charge in [-0.05, 0) is 49.8 Å². The van der Waals surface area contributed by atoms with Gasteiger partial charge in [0.25, 0.3) is 0 Å². The molecule has 0 aliphatic rings. The van der Waals surface area contributed by atoms with Crippen LogP contribution in [0.25, 0.3) is 55.3 Å². The van der Waals surface area contributed by atoms with Crippen molar-refractivity contribution in [1.82, 2.24) is 9.97 Å². The summed E-state index contributed by atoms with van der Waals surface area (Å²) in [4.78, 5) is 11.2. The van der Waals surface area contributed by atoms with Gasteiger partial charge in [-0.2, -0.15) is 35.9 Å². The number of pyridine rings is 1. The number of nitrogens with zero attached hydrogens (tertiary/aromatic N) is 2. The van der Waals surface area contributed by atoms with Crippen LogP contribution in [-0.2, 0) is 33.2 Å². The Bertz CT molecular complexity index is 2100. The van der Waals surface area contributed by atoms with Gasteiger partial charge in [0.1, 0.15) is 0 Å². The maximum atomic E-state index is 5.16. The average molecular weight is 811 g/mol. The van der Waals surface area contributed by atoms with E-state index in [0.717, 1.165) is 48.9 Å². The van der Waals surface area contributed by atoms with Gasteiger partial charge in [-0.25, -0.2) is 5.56 Å². The van der Waals surface area contributed by atoms with Gasteiger partial charge >= 0.3 is 22.4 Å². The Balaban J connectivity index is 0.00000386. The van der Waals surface area contributed by atoms with Crippen molar-refractivity contribution in [3.05, 3.63) is 139 Å². The summed E-state index contributed by atoms with van der Waals surface area (Å²) in [5, 5.41) is 3.28. The third kappa shape index (κ3) is 6.91. The first kappa shape index (κ1) is 33.1. The van der Waals surface area contributed by atoms with Gasteiger partial charge in [0.05, 0.1) is 5.03 Å². The second kappa shape index (κ2) is 13.0. The molecule has 2 aromatic heterocycles. The number of aromatic nitrogens is 2. The maximum Gasteiger partial charge on any atom is 3.00 e. The van der Waals surface area contributed by atoms with Gasteiger partial charge < -0.3 is 4.98 Å². The topological polar surface area (TPSA) is 27.0 Å². The van der Waals surface area contributed by atoms with Crippen LogP contribution in [-0.4, -0.2) is 4.98 Å². The molecule has 0 saturated heterocycles. The number of para-hydroxylation sites is 2. The number of hydrogen-bond donors (Lipinski definition) is 0. The van der Waals surface area contributed by atoms with Crippen LogP contribution in [0.5, 0.6) is 0 Å².